The summed E-state index contributed by atoms with van der Waals surface area (Å²) in [6, 6.07) is 12.1. The summed E-state index contributed by atoms with van der Waals surface area (Å²) in [5, 5.41) is 2.66. The van der Waals surface area contributed by atoms with Crippen molar-refractivity contribution in [3.8, 4) is 0 Å². The van der Waals surface area contributed by atoms with Crippen LogP contribution in [0.4, 0.5) is 0 Å². The van der Waals surface area contributed by atoms with Gasteiger partial charge in [0.25, 0.3) is 5.91 Å². The summed E-state index contributed by atoms with van der Waals surface area (Å²) in [7, 11) is 0. The molecule has 2 heterocycles. The van der Waals surface area contributed by atoms with Gasteiger partial charge in [0.2, 0.25) is 5.91 Å². The lowest BCUT2D eigenvalue weighted by Gasteiger charge is -2.21. The van der Waals surface area contributed by atoms with Crippen molar-refractivity contribution in [2.45, 2.75) is 25.2 Å². The van der Waals surface area contributed by atoms with Gasteiger partial charge >= 0.3 is 0 Å². The van der Waals surface area contributed by atoms with Gasteiger partial charge in [-0.05, 0) is 36.8 Å². The molecule has 2 amide bonds. The van der Waals surface area contributed by atoms with E-state index in [0.717, 1.165) is 32.4 Å². The van der Waals surface area contributed by atoms with Crippen LogP contribution in [0.3, 0.4) is 0 Å². The molecule has 5 heteroatoms. The second-order valence-corrected chi connectivity index (χ2v) is 6.11. The van der Waals surface area contributed by atoms with E-state index < -0.39 is 0 Å². The number of nitrogens with one attached hydrogen (secondary N) is 1. The molecule has 0 radical (unpaired) electrons. The van der Waals surface area contributed by atoms with E-state index in [-0.39, 0.29) is 18.4 Å². The zero-order chi connectivity index (χ0) is 16.8. The first-order valence-corrected chi connectivity index (χ1v) is 8.37. The fourth-order valence-corrected chi connectivity index (χ4v) is 3.17. The minimum Gasteiger partial charge on any atom is -0.472 e. The van der Waals surface area contributed by atoms with Crippen LogP contribution in [-0.4, -0.2) is 36.3 Å². The average Bonchev–Trinajstić information content (AvgIpc) is 3.05. The molecule has 1 fully saturated rings. The Morgan fingerprint density at radius 3 is 2.71 bits per heavy atom. The van der Waals surface area contributed by atoms with Crippen LogP contribution in [0.5, 0.6) is 0 Å². The minimum absolute atomic E-state index is 0.0273. The highest BCUT2D eigenvalue weighted by Gasteiger charge is 2.22. The van der Waals surface area contributed by atoms with Crippen molar-refractivity contribution in [2.24, 2.45) is 0 Å². The van der Waals surface area contributed by atoms with E-state index in [4.69, 9.17) is 4.42 Å². The fraction of sp³-hybridized carbons (Fsp3) is 0.368. The maximum atomic E-state index is 12.4. The molecule has 2 aromatic rings. The number of rotatable bonds is 4. The summed E-state index contributed by atoms with van der Waals surface area (Å²) >= 11 is 0. The van der Waals surface area contributed by atoms with E-state index >= 15 is 0 Å². The van der Waals surface area contributed by atoms with Crippen LogP contribution >= 0.6 is 0 Å². The second kappa shape index (κ2) is 7.81. The predicted molar refractivity (Wildman–Crippen MR) is 90.7 cm³/mol. The molecule has 1 aromatic heterocycles. The quantitative estimate of drug-likeness (QED) is 0.940. The van der Waals surface area contributed by atoms with Crippen molar-refractivity contribution >= 4 is 11.8 Å². The van der Waals surface area contributed by atoms with Gasteiger partial charge in [-0.15, -0.1) is 0 Å². The Labute approximate surface area is 141 Å². The predicted octanol–water partition coefficient (Wildman–Crippen LogP) is 2.81. The number of carbonyl (C=O) groups is 2. The number of likely N-dealkylation sites (tertiary alicyclic amines) is 1. The Balaban J connectivity index is 1.50. The van der Waals surface area contributed by atoms with E-state index in [1.807, 2.05) is 11.0 Å². The smallest absolute Gasteiger partial charge is 0.254 e. The molecule has 24 heavy (non-hydrogen) atoms. The first-order valence-electron chi connectivity index (χ1n) is 8.37. The molecule has 0 aliphatic carbocycles. The molecular weight excluding hydrogens is 304 g/mol. The zero-order valence-electron chi connectivity index (χ0n) is 13.6. The first kappa shape index (κ1) is 16.3. The van der Waals surface area contributed by atoms with E-state index in [0.29, 0.717) is 11.5 Å². The Morgan fingerprint density at radius 2 is 1.96 bits per heavy atom. The van der Waals surface area contributed by atoms with Gasteiger partial charge in [-0.1, -0.05) is 30.3 Å². The minimum atomic E-state index is -0.283. The van der Waals surface area contributed by atoms with Gasteiger partial charge in [-0.2, -0.15) is 0 Å². The highest BCUT2D eigenvalue weighted by Crippen LogP contribution is 2.27. The van der Waals surface area contributed by atoms with Gasteiger partial charge in [-0.3, -0.25) is 9.59 Å². The van der Waals surface area contributed by atoms with Gasteiger partial charge in [0.1, 0.15) is 6.26 Å². The Kier molecular flexibility index (Phi) is 5.31. The van der Waals surface area contributed by atoms with Crippen LogP contribution < -0.4 is 5.32 Å². The number of benzene rings is 1. The first-order chi connectivity index (χ1) is 11.7. The maximum Gasteiger partial charge on any atom is 0.254 e. The molecule has 1 aliphatic rings. The molecule has 5 nitrogen and oxygen atoms in total. The van der Waals surface area contributed by atoms with Crippen LogP contribution in [0.1, 0.15) is 41.1 Å². The number of hydrogen-bond acceptors (Lipinski definition) is 3. The lowest BCUT2D eigenvalue weighted by Crippen LogP contribution is -2.40. The van der Waals surface area contributed by atoms with E-state index in [1.165, 1.54) is 18.1 Å². The van der Waals surface area contributed by atoms with Crippen LogP contribution in [0.2, 0.25) is 0 Å². The number of nitrogens with zero attached hydrogens (tertiary/aromatic N) is 1. The Morgan fingerprint density at radius 1 is 1.12 bits per heavy atom. The Bertz CT molecular complexity index is 667. The van der Waals surface area contributed by atoms with E-state index in [2.05, 4.69) is 29.6 Å². The number of furan rings is 1. The van der Waals surface area contributed by atoms with Crippen molar-refractivity contribution in [3.05, 3.63) is 60.1 Å². The van der Waals surface area contributed by atoms with Gasteiger partial charge in [-0.25, -0.2) is 0 Å². The molecule has 1 atom stereocenters. The van der Waals surface area contributed by atoms with Crippen LogP contribution in [0.15, 0.2) is 53.3 Å². The van der Waals surface area contributed by atoms with Gasteiger partial charge in [0, 0.05) is 13.1 Å². The van der Waals surface area contributed by atoms with Crippen LogP contribution in [-0.2, 0) is 4.79 Å². The highest BCUT2D eigenvalue weighted by atomic mass is 16.3. The number of amides is 2. The number of carbonyl (C=O) groups excluding carboxylic acids is 2. The highest BCUT2D eigenvalue weighted by molar-refractivity contribution is 5.96. The lowest BCUT2D eigenvalue weighted by molar-refractivity contribution is -0.130. The van der Waals surface area contributed by atoms with Crippen molar-refractivity contribution in [1.29, 1.82) is 0 Å². The summed E-state index contributed by atoms with van der Waals surface area (Å²) in [5.74, 6) is 0.194. The van der Waals surface area contributed by atoms with Crippen molar-refractivity contribution < 1.29 is 14.0 Å². The largest absolute Gasteiger partial charge is 0.472 e. The van der Waals surface area contributed by atoms with Crippen molar-refractivity contribution in [3.63, 3.8) is 0 Å². The van der Waals surface area contributed by atoms with Crippen molar-refractivity contribution in [2.75, 3.05) is 19.6 Å². The summed E-state index contributed by atoms with van der Waals surface area (Å²) in [5.41, 5.74) is 1.78. The molecule has 0 bridgehead atoms. The molecular formula is C19H22N2O3. The summed E-state index contributed by atoms with van der Waals surface area (Å²) in [6.45, 7) is 1.52. The SMILES string of the molecule is O=C(NCC(=O)N1CCCC(c2ccccc2)CC1)c1ccoc1. The maximum absolute atomic E-state index is 12.4. The molecule has 1 N–H and O–H groups in total. The molecule has 1 aliphatic heterocycles. The number of hydrogen-bond donors (Lipinski definition) is 1. The van der Waals surface area contributed by atoms with E-state index in [9.17, 15) is 9.59 Å². The molecule has 1 unspecified atom stereocenters. The molecule has 1 aromatic carbocycles. The average molecular weight is 326 g/mol. The normalized spacial score (nSPS) is 18.0. The standard InChI is InChI=1S/C19H22N2O3/c22-18(13-20-19(23)17-9-12-24-14-17)21-10-4-7-16(8-11-21)15-5-2-1-3-6-15/h1-3,5-6,9,12,14,16H,4,7-8,10-11,13H2,(H,20,23). The monoisotopic (exact) mass is 326 g/mol. The summed E-state index contributed by atoms with van der Waals surface area (Å²) in [4.78, 5) is 26.1. The van der Waals surface area contributed by atoms with Crippen LogP contribution in [0.25, 0.3) is 0 Å². The molecule has 1 saturated heterocycles. The summed E-state index contributed by atoms with van der Waals surface area (Å²) < 4.78 is 4.87. The molecule has 3 rings (SSSR count). The molecule has 0 saturated carbocycles. The van der Waals surface area contributed by atoms with E-state index in [1.54, 1.807) is 6.07 Å². The zero-order valence-corrected chi connectivity index (χ0v) is 13.6. The Hall–Kier alpha value is -2.56. The van der Waals surface area contributed by atoms with Gasteiger partial charge < -0.3 is 14.6 Å². The molecule has 0 spiro atoms. The van der Waals surface area contributed by atoms with Crippen LogP contribution in [0, 0.1) is 0 Å². The third-order valence-electron chi connectivity index (χ3n) is 4.54. The topological polar surface area (TPSA) is 62.6 Å². The van der Waals surface area contributed by atoms with Gasteiger partial charge in [0.05, 0.1) is 18.4 Å². The van der Waals surface area contributed by atoms with Gasteiger partial charge in [0.15, 0.2) is 0 Å². The third-order valence-corrected chi connectivity index (χ3v) is 4.54. The molecule has 126 valence electrons. The fourth-order valence-electron chi connectivity index (χ4n) is 3.17. The third kappa shape index (κ3) is 4.04. The summed E-state index contributed by atoms with van der Waals surface area (Å²) in [6.07, 6.45) is 5.85. The lowest BCUT2D eigenvalue weighted by atomic mass is 9.92. The van der Waals surface area contributed by atoms with Crippen molar-refractivity contribution in [1.82, 2.24) is 10.2 Å². The second-order valence-electron chi connectivity index (χ2n) is 6.11.